The monoisotopic (exact) mass is 324 g/mol. The number of hydrogen-bond donors (Lipinski definition) is 0. The molecular weight excluding hydrogens is 300 g/mol. The van der Waals surface area contributed by atoms with Crippen molar-refractivity contribution in [1.29, 1.82) is 0 Å². The van der Waals surface area contributed by atoms with Crippen LogP contribution < -0.4 is 0 Å². The maximum atomic E-state index is 12.6. The summed E-state index contributed by atoms with van der Waals surface area (Å²) in [6.07, 6.45) is 12.8. The maximum absolute atomic E-state index is 12.6. The van der Waals surface area contributed by atoms with Crippen molar-refractivity contribution in [3.8, 4) is 0 Å². The second-order valence-electron chi connectivity index (χ2n) is 7.10. The molecule has 2 aromatic rings. The van der Waals surface area contributed by atoms with Gasteiger partial charge in [-0.1, -0.05) is 6.07 Å². The quantitative estimate of drug-likeness (QED) is 0.849. The fourth-order valence-electron chi connectivity index (χ4n) is 3.62. The number of amides is 1. The molecule has 0 N–H and O–H groups in total. The van der Waals surface area contributed by atoms with Crippen LogP contribution in [0.2, 0.25) is 0 Å². The molecule has 0 bridgehead atoms. The average Bonchev–Trinajstić information content (AvgIpc) is 3.31. The lowest BCUT2D eigenvalue weighted by molar-refractivity contribution is -0.131. The molecule has 5 heteroatoms. The van der Waals surface area contributed by atoms with Gasteiger partial charge in [0.05, 0.1) is 6.42 Å². The van der Waals surface area contributed by atoms with Crippen LogP contribution in [0.3, 0.4) is 0 Å². The van der Waals surface area contributed by atoms with Crippen LogP contribution >= 0.6 is 0 Å². The van der Waals surface area contributed by atoms with Crippen molar-refractivity contribution in [1.82, 2.24) is 19.4 Å². The van der Waals surface area contributed by atoms with E-state index < -0.39 is 0 Å². The Bertz CT molecular complexity index is 692. The number of nitrogens with zero attached hydrogens (tertiary/aromatic N) is 4. The molecule has 0 aromatic carbocycles. The second-order valence-corrected chi connectivity index (χ2v) is 7.10. The van der Waals surface area contributed by atoms with Gasteiger partial charge in [-0.25, -0.2) is 4.98 Å². The first-order valence-electron chi connectivity index (χ1n) is 8.97. The van der Waals surface area contributed by atoms with E-state index in [1.165, 1.54) is 18.7 Å². The third-order valence-electron chi connectivity index (χ3n) is 5.12. The van der Waals surface area contributed by atoms with Gasteiger partial charge in [-0.15, -0.1) is 0 Å². The topological polar surface area (TPSA) is 51.0 Å². The number of rotatable bonds is 5. The van der Waals surface area contributed by atoms with Crippen molar-refractivity contribution in [3.63, 3.8) is 0 Å². The molecule has 5 nitrogen and oxygen atoms in total. The Morgan fingerprint density at radius 2 is 2.17 bits per heavy atom. The second kappa shape index (κ2) is 6.75. The number of carbonyl (C=O) groups is 1. The number of aromatic nitrogens is 3. The average molecular weight is 324 g/mol. The van der Waals surface area contributed by atoms with Crippen molar-refractivity contribution in [3.05, 3.63) is 48.3 Å². The van der Waals surface area contributed by atoms with Gasteiger partial charge in [-0.2, -0.15) is 0 Å². The highest BCUT2D eigenvalue weighted by molar-refractivity contribution is 5.78. The highest BCUT2D eigenvalue weighted by atomic mass is 16.2. The Kier molecular flexibility index (Phi) is 4.32. The van der Waals surface area contributed by atoms with Crippen LogP contribution in [-0.2, 0) is 17.8 Å². The lowest BCUT2D eigenvalue weighted by atomic mass is 9.96. The maximum Gasteiger partial charge on any atom is 0.227 e. The first-order chi connectivity index (χ1) is 11.8. The third kappa shape index (κ3) is 3.50. The predicted molar refractivity (Wildman–Crippen MR) is 91.4 cm³/mol. The molecule has 1 saturated heterocycles. The minimum Gasteiger partial charge on any atom is -0.342 e. The van der Waals surface area contributed by atoms with E-state index in [-0.39, 0.29) is 5.91 Å². The van der Waals surface area contributed by atoms with Crippen LogP contribution in [0.25, 0.3) is 0 Å². The van der Waals surface area contributed by atoms with E-state index in [0.29, 0.717) is 12.3 Å². The summed E-state index contributed by atoms with van der Waals surface area (Å²) in [5.74, 6) is 2.57. The zero-order valence-electron chi connectivity index (χ0n) is 14.0. The molecule has 1 unspecified atom stereocenters. The van der Waals surface area contributed by atoms with E-state index in [9.17, 15) is 4.79 Å². The molecular formula is C19H24N4O. The van der Waals surface area contributed by atoms with E-state index in [2.05, 4.69) is 20.7 Å². The molecule has 2 aliphatic rings. The minimum absolute atomic E-state index is 0.202. The zero-order valence-corrected chi connectivity index (χ0v) is 14.0. The van der Waals surface area contributed by atoms with Crippen LogP contribution in [0, 0.1) is 5.92 Å². The van der Waals surface area contributed by atoms with E-state index in [0.717, 1.165) is 44.0 Å². The third-order valence-corrected chi connectivity index (χ3v) is 5.12. The van der Waals surface area contributed by atoms with Crippen LogP contribution in [0.5, 0.6) is 0 Å². The van der Waals surface area contributed by atoms with Crippen LogP contribution in [0.4, 0.5) is 0 Å². The zero-order chi connectivity index (χ0) is 16.4. The number of hydrogen-bond acceptors (Lipinski definition) is 3. The largest absolute Gasteiger partial charge is 0.342 e. The smallest absolute Gasteiger partial charge is 0.227 e. The lowest BCUT2D eigenvalue weighted by Crippen LogP contribution is -2.40. The number of likely N-dealkylation sites (tertiary alicyclic amines) is 1. The molecule has 24 heavy (non-hydrogen) atoms. The van der Waals surface area contributed by atoms with Gasteiger partial charge in [0.1, 0.15) is 5.82 Å². The molecule has 1 amide bonds. The normalized spacial score (nSPS) is 21.0. The van der Waals surface area contributed by atoms with Gasteiger partial charge in [0.25, 0.3) is 0 Å². The van der Waals surface area contributed by atoms with Gasteiger partial charge < -0.3 is 9.47 Å². The predicted octanol–water partition coefficient (Wildman–Crippen LogP) is 2.64. The van der Waals surface area contributed by atoms with Gasteiger partial charge >= 0.3 is 0 Å². The molecule has 1 aliphatic carbocycles. The van der Waals surface area contributed by atoms with Gasteiger partial charge in [0.2, 0.25) is 5.91 Å². The highest BCUT2D eigenvalue weighted by Crippen LogP contribution is 2.33. The van der Waals surface area contributed by atoms with Crippen LogP contribution in [0.1, 0.15) is 43.0 Å². The summed E-state index contributed by atoms with van der Waals surface area (Å²) in [7, 11) is 0. The summed E-state index contributed by atoms with van der Waals surface area (Å²) in [6, 6.07) is 3.85. The van der Waals surface area contributed by atoms with Gasteiger partial charge in [0, 0.05) is 50.3 Å². The van der Waals surface area contributed by atoms with Gasteiger partial charge in [-0.3, -0.25) is 9.78 Å². The molecule has 1 aliphatic heterocycles. The molecule has 2 aromatic heterocycles. The molecule has 0 radical (unpaired) electrons. The van der Waals surface area contributed by atoms with Crippen molar-refractivity contribution < 1.29 is 4.79 Å². The molecule has 1 saturated carbocycles. The van der Waals surface area contributed by atoms with Crippen molar-refractivity contribution in [2.75, 3.05) is 13.1 Å². The van der Waals surface area contributed by atoms with Crippen LogP contribution in [-0.4, -0.2) is 38.4 Å². The Balaban J connectivity index is 1.42. The Hall–Kier alpha value is -2.17. The standard InChI is InChI=1S/C19H24N4O/c24-18(11-16-3-1-7-20-12-16)22-9-2-4-17(14-22)19-21-8-10-23(19)13-15-5-6-15/h1,3,7-8,10,12,15,17H,2,4-6,9,11,13-14H2. The molecule has 0 spiro atoms. The highest BCUT2D eigenvalue weighted by Gasteiger charge is 2.29. The SMILES string of the molecule is O=C(Cc1cccnc1)N1CCCC(c2nccn2CC2CC2)C1. The van der Waals surface area contributed by atoms with Crippen LogP contribution in [0.15, 0.2) is 36.9 Å². The summed E-state index contributed by atoms with van der Waals surface area (Å²) < 4.78 is 2.32. The van der Waals surface area contributed by atoms with Gasteiger partial charge in [0.15, 0.2) is 0 Å². The van der Waals surface area contributed by atoms with Crippen molar-refractivity contribution in [2.45, 2.75) is 44.6 Å². The van der Waals surface area contributed by atoms with Crippen molar-refractivity contribution >= 4 is 5.91 Å². The van der Waals surface area contributed by atoms with E-state index in [1.807, 2.05) is 23.2 Å². The molecule has 126 valence electrons. The summed E-state index contributed by atoms with van der Waals surface area (Å²) in [5.41, 5.74) is 0.986. The fourth-order valence-corrected chi connectivity index (χ4v) is 3.62. The molecule has 2 fully saturated rings. The molecule has 3 heterocycles. The summed E-state index contributed by atoms with van der Waals surface area (Å²) in [4.78, 5) is 23.4. The summed E-state index contributed by atoms with van der Waals surface area (Å²) in [5, 5.41) is 0. The first kappa shape index (κ1) is 15.4. The van der Waals surface area contributed by atoms with E-state index in [1.54, 1.807) is 12.4 Å². The van der Waals surface area contributed by atoms with Crippen molar-refractivity contribution in [2.24, 2.45) is 5.92 Å². The number of pyridine rings is 1. The minimum atomic E-state index is 0.202. The molecule has 4 rings (SSSR count). The Labute approximate surface area is 142 Å². The fraction of sp³-hybridized carbons (Fsp3) is 0.526. The Morgan fingerprint density at radius 1 is 1.25 bits per heavy atom. The first-order valence-corrected chi connectivity index (χ1v) is 8.97. The number of piperidine rings is 1. The van der Waals surface area contributed by atoms with E-state index >= 15 is 0 Å². The summed E-state index contributed by atoms with van der Waals surface area (Å²) in [6.45, 7) is 2.75. The molecule has 1 atom stereocenters. The number of carbonyl (C=O) groups excluding carboxylic acids is 1. The van der Waals surface area contributed by atoms with Gasteiger partial charge in [-0.05, 0) is 43.2 Å². The lowest BCUT2D eigenvalue weighted by Gasteiger charge is -2.33. The van der Waals surface area contributed by atoms with E-state index in [4.69, 9.17) is 0 Å². The summed E-state index contributed by atoms with van der Waals surface area (Å²) >= 11 is 0. The number of imidazole rings is 1. The Morgan fingerprint density at radius 3 is 2.96 bits per heavy atom.